The summed E-state index contributed by atoms with van der Waals surface area (Å²) in [5, 5.41) is 25.7. The topological polar surface area (TPSA) is 266 Å². The van der Waals surface area contributed by atoms with Gasteiger partial charge < -0.3 is 53.1 Å². The molecule has 6 atom stereocenters. The number of hydrogen-bond donors (Lipinski definition) is 10. The van der Waals surface area contributed by atoms with Crippen LogP contribution >= 0.6 is 0 Å². The highest BCUT2D eigenvalue weighted by Crippen LogP contribution is 2.22. The number of para-hydroxylation sites is 2. The lowest BCUT2D eigenvalue weighted by Crippen LogP contribution is -2.60. The Morgan fingerprint density at radius 1 is 0.485 bits per heavy atom. The minimum absolute atomic E-state index is 0.000958. The maximum atomic E-state index is 14.8. The first-order valence-electron chi connectivity index (χ1n) is 23.0. The normalized spacial score (nSPS) is 14.1. The van der Waals surface area contributed by atoms with Gasteiger partial charge in [0.1, 0.15) is 36.0 Å². The minimum Gasteiger partial charge on any atom is -0.508 e. The Morgan fingerprint density at radius 2 is 0.882 bits per heavy atom. The maximum Gasteiger partial charge on any atom is 0.243 e. The van der Waals surface area contributed by atoms with E-state index in [9.17, 15) is 33.9 Å². The summed E-state index contributed by atoms with van der Waals surface area (Å²) in [6, 6.07) is 23.6. The molecule has 16 heteroatoms. The predicted octanol–water partition coefficient (Wildman–Crippen LogP) is 3.95. The average Bonchev–Trinajstić information content (AvgIpc) is 3.92. The first kappa shape index (κ1) is 50.0. The molecule has 0 radical (unpaired) electrons. The zero-order chi connectivity index (χ0) is 48.9. The van der Waals surface area contributed by atoms with Gasteiger partial charge in [-0.3, -0.25) is 28.8 Å². The van der Waals surface area contributed by atoms with Crippen molar-refractivity contribution in [1.29, 1.82) is 0 Å². The molecule has 0 unspecified atom stereocenters. The molecule has 0 saturated carbocycles. The molecule has 0 saturated heterocycles. The number of nitrogens with one attached hydrogen (secondary N) is 7. The largest absolute Gasteiger partial charge is 0.508 e. The first-order valence-corrected chi connectivity index (χ1v) is 23.0. The molecule has 6 rings (SSSR count). The van der Waals surface area contributed by atoms with E-state index in [1.165, 1.54) is 12.1 Å². The molecular weight excluding hydrogens is 863 g/mol. The highest BCUT2D eigenvalue weighted by Gasteiger charge is 2.34. The number of carbonyl (C=O) groups is 6. The third-order valence-electron chi connectivity index (χ3n) is 11.8. The number of rotatable bonds is 23. The van der Waals surface area contributed by atoms with Crippen LogP contribution < -0.4 is 38.1 Å². The van der Waals surface area contributed by atoms with Crippen molar-refractivity contribution in [2.24, 2.45) is 23.3 Å². The van der Waals surface area contributed by atoms with Gasteiger partial charge in [-0.2, -0.15) is 0 Å². The Balaban J connectivity index is 1.30. The summed E-state index contributed by atoms with van der Waals surface area (Å²) in [6.45, 7) is 7.59. The Morgan fingerprint density at radius 3 is 1.38 bits per heavy atom. The predicted molar refractivity (Wildman–Crippen MR) is 262 cm³/mol. The third-order valence-corrected chi connectivity index (χ3v) is 11.8. The summed E-state index contributed by atoms with van der Waals surface area (Å²) in [7, 11) is 0. The lowest BCUT2D eigenvalue weighted by Gasteiger charge is -2.28. The Kier molecular flexibility index (Phi) is 17.1. The van der Waals surface area contributed by atoms with Gasteiger partial charge in [-0.15, -0.1) is 0 Å². The van der Waals surface area contributed by atoms with Crippen molar-refractivity contribution < 1.29 is 33.9 Å². The number of aromatic amines is 2. The fourth-order valence-corrected chi connectivity index (χ4v) is 8.29. The number of aromatic nitrogens is 2. The fourth-order valence-electron chi connectivity index (χ4n) is 8.29. The van der Waals surface area contributed by atoms with E-state index in [-0.39, 0.29) is 49.7 Å². The number of phenolic OH excluding ortho intramolecular Hbond substituents is 1. The van der Waals surface area contributed by atoms with Crippen molar-refractivity contribution in [2.75, 3.05) is 0 Å². The van der Waals surface area contributed by atoms with E-state index in [1.807, 2.05) is 94.4 Å². The van der Waals surface area contributed by atoms with E-state index >= 15 is 0 Å². The molecule has 6 amide bonds. The number of benzene rings is 4. The molecule has 2 heterocycles. The van der Waals surface area contributed by atoms with Gasteiger partial charge in [0.05, 0.1) is 6.04 Å². The third kappa shape index (κ3) is 13.8. The number of phenols is 1. The monoisotopic (exact) mass is 925 g/mol. The van der Waals surface area contributed by atoms with E-state index < -0.39 is 71.7 Å². The summed E-state index contributed by atoms with van der Waals surface area (Å²) in [5.41, 5.74) is 16.6. The molecule has 0 aliphatic rings. The van der Waals surface area contributed by atoms with Crippen LogP contribution in [0.2, 0.25) is 0 Å². The van der Waals surface area contributed by atoms with E-state index in [0.717, 1.165) is 27.4 Å². The highest BCUT2D eigenvalue weighted by molar-refractivity contribution is 5.97. The van der Waals surface area contributed by atoms with Crippen LogP contribution in [0.25, 0.3) is 21.8 Å². The van der Waals surface area contributed by atoms with Crippen LogP contribution in [0.5, 0.6) is 5.75 Å². The zero-order valence-corrected chi connectivity index (χ0v) is 38.9. The molecule has 16 nitrogen and oxygen atoms in total. The molecule has 0 fully saturated rings. The van der Waals surface area contributed by atoms with Crippen LogP contribution in [0.4, 0.5) is 0 Å². The summed E-state index contributed by atoms with van der Waals surface area (Å²) in [6.07, 6.45) is 4.20. The van der Waals surface area contributed by atoms with Crippen LogP contribution in [0, 0.1) is 11.8 Å². The van der Waals surface area contributed by atoms with Gasteiger partial charge in [0.25, 0.3) is 0 Å². The molecule has 358 valence electrons. The van der Waals surface area contributed by atoms with Gasteiger partial charge in [-0.25, -0.2) is 0 Å². The molecular formula is C52H63N9O7. The van der Waals surface area contributed by atoms with Crippen LogP contribution in [0.3, 0.4) is 0 Å². The Bertz CT molecular complexity index is 2680. The quantitative estimate of drug-likeness (QED) is 0.0449. The van der Waals surface area contributed by atoms with Crippen LogP contribution in [0.1, 0.15) is 62.8 Å². The fraction of sp³-hybridized carbons (Fsp3) is 0.346. The molecule has 0 bridgehead atoms. The number of nitrogens with two attached hydrogens (primary N) is 2. The van der Waals surface area contributed by atoms with Crippen LogP contribution in [-0.4, -0.2) is 86.8 Å². The number of primary amides is 1. The van der Waals surface area contributed by atoms with Crippen LogP contribution in [-0.2, 0) is 54.5 Å². The zero-order valence-electron chi connectivity index (χ0n) is 38.9. The highest BCUT2D eigenvalue weighted by atomic mass is 16.3. The van der Waals surface area contributed by atoms with Crippen LogP contribution in [0.15, 0.2) is 116 Å². The molecule has 12 N–H and O–H groups in total. The van der Waals surface area contributed by atoms with Crippen molar-refractivity contribution >= 4 is 57.2 Å². The van der Waals surface area contributed by atoms with E-state index in [2.05, 4.69) is 36.6 Å². The van der Waals surface area contributed by atoms with Gasteiger partial charge in [-0.05, 0) is 77.6 Å². The number of carbonyl (C=O) groups excluding carboxylic acids is 6. The standard InChI is InChI=1S/C52H63N9O7/c1-30(2)22-42(47(54)63)57-49(65)43(23-31(3)4)59-52(68)46(27-35-29-56-41-17-11-9-15-38(35)41)61-50(66)44(25-32-12-6-5-7-13-32)60-51(67)45(26-34-28-55-40-16-10-8-14-37(34)40)58-48(64)39(53)24-33-18-20-36(62)21-19-33/h5-21,28-31,39,42-46,55-56,62H,22-27,53H2,1-4H3,(H2,54,63)(H,57,65)(H,58,64)(H,59,68)(H,60,67)(H,61,66)/t39-,42-,43-,44-,45+,46+/m0/s1. The van der Waals surface area contributed by atoms with Crippen molar-refractivity contribution in [2.45, 2.75) is 102 Å². The number of fused-ring (bicyclic) bond motifs is 2. The van der Waals surface area contributed by atoms with Gasteiger partial charge >= 0.3 is 0 Å². The second-order valence-corrected chi connectivity index (χ2v) is 18.3. The SMILES string of the molecule is CC(C)C[C@H](NC(=O)[C@H](CC(C)C)NC(=O)[C@@H](Cc1c[nH]c2ccccc12)NC(=O)[C@H](Cc1ccccc1)NC(=O)[C@@H](Cc1c[nH]c2ccccc12)NC(=O)[C@@H](N)Cc1ccc(O)cc1)C(N)=O. The lowest BCUT2D eigenvalue weighted by molar-refractivity contribution is -0.135. The molecule has 0 spiro atoms. The minimum atomic E-state index is -1.27. The Hall–Kier alpha value is -7.46. The molecule has 6 aromatic rings. The van der Waals surface area contributed by atoms with Gasteiger partial charge in [0.2, 0.25) is 35.4 Å². The van der Waals surface area contributed by atoms with E-state index in [4.69, 9.17) is 11.5 Å². The van der Waals surface area contributed by atoms with Gasteiger partial charge in [0.15, 0.2) is 0 Å². The molecule has 0 aliphatic heterocycles. The summed E-state index contributed by atoms with van der Waals surface area (Å²) >= 11 is 0. The summed E-state index contributed by atoms with van der Waals surface area (Å²) in [4.78, 5) is 90.5. The van der Waals surface area contributed by atoms with Crippen molar-refractivity contribution in [3.8, 4) is 5.75 Å². The molecule has 2 aromatic heterocycles. The number of aromatic hydroxyl groups is 1. The summed E-state index contributed by atoms with van der Waals surface area (Å²) < 4.78 is 0. The maximum absolute atomic E-state index is 14.8. The smallest absolute Gasteiger partial charge is 0.243 e. The average molecular weight is 926 g/mol. The van der Waals surface area contributed by atoms with E-state index in [0.29, 0.717) is 23.1 Å². The number of amides is 6. The van der Waals surface area contributed by atoms with Crippen molar-refractivity contribution in [1.82, 2.24) is 36.6 Å². The molecule has 4 aromatic carbocycles. The lowest BCUT2D eigenvalue weighted by atomic mass is 9.98. The van der Waals surface area contributed by atoms with Crippen molar-refractivity contribution in [3.63, 3.8) is 0 Å². The molecule has 68 heavy (non-hydrogen) atoms. The molecule has 0 aliphatic carbocycles. The first-order chi connectivity index (χ1) is 32.5. The van der Waals surface area contributed by atoms with Gasteiger partial charge in [-0.1, -0.05) is 107 Å². The van der Waals surface area contributed by atoms with Gasteiger partial charge in [0, 0.05) is 53.5 Å². The summed E-state index contributed by atoms with van der Waals surface area (Å²) in [5.74, 6) is -3.88. The number of hydrogen-bond acceptors (Lipinski definition) is 8. The van der Waals surface area contributed by atoms with E-state index in [1.54, 1.807) is 36.7 Å². The second-order valence-electron chi connectivity index (χ2n) is 18.3. The Labute approximate surface area is 395 Å². The van der Waals surface area contributed by atoms with Crippen molar-refractivity contribution in [3.05, 3.63) is 138 Å². The second kappa shape index (κ2) is 23.3. The number of H-pyrrole nitrogens is 2.